The van der Waals surface area contributed by atoms with Crippen molar-refractivity contribution in [2.24, 2.45) is 0 Å². The Hall–Kier alpha value is -2.56. The molecule has 0 radical (unpaired) electrons. The van der Waals surface area contributed by atoms with Gasteiger partial charge in [-0.25, -0.2) is 0 Å². The SMILES string of the molecule is CC1(c2nc3c(c(-c4ccccc4)c2-c2nn[nH]n2)CCCC3)CCCC1. The lowest BCUT2D eigenvalue weighted by Crippen LogP contribution is -2.23. The monoisotopic (exact) mass is 359 g/mol. The maximum atomic E-state index is 5.29. The molecule has 5 nitrogen and oxygen atoms in total. The van der Waals surface area contributed by atoms with E-state index in [0.717, 1.165) is 18.4 Å². The van der Waals surface area contributed by atoms with Crippen LogP contribution in [0.3, 0.4) is 0 Å². The molecule has 3 aromatic rings. The van der Waals surface area contributed by atoms with Gasteiger partial charge in [0.05, 0.1) is 11.3 Å². The van der Waals surface area contributed by atoms with E-state index in [-0.39, 0.29) is 5.41 Å². The number of hydrogen-bond donors (Lipinski definition) is 1. The maximum absolute atomic E-state index is 5.29. The third-order valence-corrected chi connectivity index (χ3v) is 6.38. The molecule has 2 aromatic heterocycles. The van der Waals surface area contributed by atoms with Crippen LogP contribution in [0.4, 0.5) is 0 Å². The quantitative estimate of drug-likeness (QED) is 0.740. The molecule has 0 aliphatic heterocycles. The van der Waals surface area contributed by atoms with Gasteiger partial charge in [-0.1, -0.05) is 50.1 Å². The van der Waals surface area contributed by atoms with Gasteiger partial charge in [-0.05, 0) is 60.4 Å². The number of aromatic nitrogens is 5. The molecule has 2 aliphatic rings. The standard InChI is InChI=1S/C22H25N5/c1-22(13-7-8-14-22)20-19(21-24-26-27-25-21)18(15-9-3-2-4-10-15)16-11-5-6-12-17(16)23-20/h2-4,9-10H,5-8,11-14H2,1H3,(H,24,25,26,27). The number of benzene rings is 1. The fourth-order valence-electron chi connectivity index (χ4n) is 4.98. The van der Waals surface area contributed by atoms with Crippen LogP contribution in [-0.4, -0.2) is 25.6 Å². The van der Waals surface area contributed by atoms with Crippen molar-refractivity contribution in [3.05, 3.63) is 47.3 Å². The van der Waals surface area contributed by atoms with Crippen molar-refractivity contribution in [2.75, 3.05) is 0 Å². The molecule has 5 heteroatoms. The first-order valence-electron chi connectivity index (χ1n) is 10.1. The molecule has 5 rings (SSSR count). The fourth-order valence-corrected chi connectivity index (χ4v) is 4.98. The minimum absolute atomic E-state index is 0.0893. The molecule has 2 heterocycles. The van der Waals surface area contributed by atoms with Gasteiger partial charge in [0.15, 0.2) is 0 Å². The molecule has 0 bridgehead atoms. The van der Waals surface area contributed by atoms with Crippen molar-refractivity contribution in [1.82, 2.24) is 25.6 Å². The van der Waals surface area contributed by atoms with Crippen LogP contribution in [0, 0.1) is 0 Å². The van der Waals surface area contributed by atoms with Crippen molar-refractivity contribution in [2.45, 2.75) is 63.7 Å². The number of fused-ring (bicyclic) bond motifs is 1. The second-order valence-electron chi connectivity index (χ2n) is 8.21. The van der Waals surface area contributed by atoms with Crippen molar-refractivity contribution < 1.29 is 0 Å². The van der Waals surface area contributed by atoms with E-state index in [1.165, 1.54) is 66.6 Å². The number of tetrazole rings is 1. The van der Waals surface area contributed by atoms with Crippen LogP contribution in [0.15, 0.2) is 30.3 Å². The van der Waals surface area contributed by atoms with Crippen LogP contribution in [0.25, 0.3) is 22.5 Å². The minimum atomic E-state index is 0.0893. The molecule has 0 amide bonds. The molecule has 1 saturated carbocycles. The lowest BCUT2D eigenvalue weighted by Gasteiger charge is -2.30. The Labute approximate surface area is 159 Å². The topological polar surface area (TPSA) is 67.3 Å². The first-order chi connectivity index (χ1) is 13.3. The molecule has 0 unspecified atom stereocenters. The lowest BCUT2D eigenvalue weighted by atomic mass is 9.77. The zero-order chi connectivity index (χ0) is 18.3. The number of nitrogens with one attached hydrogen (secondary N) is 1. The predicted molar refractivity (Wildman–Crippen MR) is 105 cm³/mol. The van der Waals surface area contributed by atoms with Gasteiger partial charge >= 0.3 is 0 Å². The highest BCUT2D eigenvalue weighted by molar-refractivity contribution is 5.85. The molecule has 0 saturated heterocycles. The van der Waals surface area contributed by atoms with E-state index in [1.807, 2.05) is 0 Å². The number of nitrogens with zero attached hydrogens (tertiary/aromatic N) is 4. The van der Waals surface area contributed by atoms with Gasteiger partial charge in [0.1, 0.15) is 0 Å². The number of pyridine rings is 1. The Balaban J connectivity index is 1.87. The molecule has 1 fully saturated rings. The molecule has 0 atom stereocenters. The normalized spacial score (nSPS) is 18.4. The van der Waals surface area contributed by atoms with Crippen molar-refractivity contribution >= 4 is 0 Å². The van der Waals surface area contributed by atoms with Crippen LogP contribution in [0.1, 0.15) is 62.4 Å². The first-order valence-corrected chi connectivity index (χ1v) is 10.1. The highest BCUT2D eigenvalue weighted by atomic mass is 15.5. The summed E-state index contributed by atoms with van der Waals surface area (Å²) in [5.74, 6) is 0.679. The average Bonchev–Trinajstić information content (AvgIpc) is 3.40. The summed E-state index contributed by atoms with van der Waals surface area (Å²) in [5.41, 5.74) is 7.56. The molecule has 1 aromatic carbocycles. The largest absolute Gasteiger partial charge is 0.256 e. The molecule has 27 heavy (non-hydrogen) atoms. The van der Waals surface area contributed by atoms with Crippen LogP contribution >= 0.6 is 0 Å². The van der Waals surface area contributed by atoms with E-state index < -0.39 is 0 Å². The average molecular weight is 359 g/mol. The van der Waals surface area contributed by atoms with Gasteiger partial charge in [-0.2, -0.15) is 5.21 Å². The number of aromatic amines is 1. The number of aryl methyl sites for hydroxylation is 1. The zero-order valence-corrected chi connectivity index (χ0v) is 15.8. The zero-order valence-electron chi connectivity index (χ0n) is 15.8. The molecule has 138 valence electrons. The maximum Gasteiger partial charge on any atom is 0.207 e. The Bertz CT molecular complexity index is 941. The summed E-state index contributed by atoms with van der Waals surface area (Å²) in [6, 6.07) is 10.7. The summed E-state index contributed by atoms with van der Waals surface area (Å²) in [4.78, 5) is 5.29. The van der Waals surface area contributed by atoms with E-state index in [2.05, 4.69) is 57.9 Å². The molecule has 0 spiro atoms. The molecule has 1 N–H and O–H groups in total. The van der Waals surface area contributed by atoms with Gasteiger partial charge in [-0.3, -0.25) is 4.98 Å². The van der Waals surface area contributed by atoms with Crippen LogP contribution in [0.5, 0.6) is 0 Å². The molecular formula is C22H25N5. The Morgan fingerprint density at radius 2 is 1.70 bits per heavy atom. The van der Waals surface area contributed by atoms with Crippen molar-refractivity contribution in [3.63, 3.8) is 0 Å². The second-order valence-corrected chi connectivity index (χ2v) is 8.21. The summed E-state index contributed by atoms with van der Waals surface area (Å²) in [6.45, 7) is 2.37. The van der Waals surface area contributed by atoms with Crippen LogP contribution < -0.4 is 0 Å². The van der Waals surface area contributed by atoms with Gasteiger partial charge < -0.3 is 0 Å². The number of hydrogen-bond acceptors (Lipinski definition) is 4. The number of rotatable bonds is 3. The predicted octanol–water partition coefficient (Wildman–Crippen LogP) is 4.64. The van der Waals surface area contributed by atoms with E-state index in [9.17, 15) is 0 Å². The van der Waals surface area contributed by atoms with Gasteiger partial charge in [-0.15, -0.1) is 10.2 Å². The van der Waals surface area contributed by atoms with E-state index in [1.54, 1.807) is 0 Å². The van der Waals surface area contributed by atoms with Crippen LogP contribution in [0.2, 0.25) is 0 Å². The van der Waals surface area contributed by atoms with E-state index in [0.29, 0.717) is 5.82 Å². The van der Waals surface area contributed by atoms with Gasteiger partial charge in [0, 0.05) is 11.1 Å². The minimum Gasteiger partial charge on any atom is -0.256 e. The summed E-state index contributed by atoms with van der Waals surface area (Å²) in [7, 11) is 0. The summed E-state index contributed by atoms with van der Waals surface area (Å²) >= 11 is 0. The highest BCUT2D eigenvalue weighted by Gasteiger charge is 2.38. The van der Waals surface area contributed by atoms with Crippen LogP contribution in [-0.2, 0) is 18.3 Å². The van der Waals surface area contributed by atoms with E-state index >= 15 is 0 Å². The summed E-state index contributed by atoms with van der Waals surface area (Å²) in [5, 5.41) is 15.3. The highest BCUT2D eigenvalue weighted by Crippen LogP contribution is 2.48. The number of H-pyrrole nitrogens is 1. The van der Waals surface area contributed by atoms with Gasteiger partial charge in [0.25, 0.3) is 0 Å². The smallest absolute Gasteiger partial charge is 0.207 e. The Morgan fingerprint density at radius 3 is 2.44 bits per heavy atom. The fraction of sp³-hybridized carbons (Fsp3) is 0.455. The Kier molecular flexibility index (Phi) is 4.03. The lowest BCUT2D eigenvalue weighted by molar-refractivity contribution is 0.473. The Morgan fingerprint density at radius 1 is 0.926 bits per heavy atom. The third kappa shape index (κ3) is 2.76. The molecule has 2 aliphatic carbocycles. The second kappa shape index (κ2) is 6.55. The van der Waals surface area contributed by atoms with Gasteiger partial charge in [0.2, 0.25) is 5.82 Å². The molecular weight excluding hydrogens is 334 g/mol. The van der Waals surface area contributed by atoms with E-state index in [4.69, 9.17) is 4.98 Å². The summed E-state index contributed by atoms with van der Waals surface area (Å²) in [6.07, 6.45) is 9.49. The van der Waals surface area contributed by atoms with Crippen molar-refractivity contribution in [3.8, 4) is 22.5 Å². The van der Waals surface area contributed by atoms with Crippen molar-refractivity contribution in [1.29, 1.82) is 0 Å². The first kappa shape index (κ1) is 16.6. The third-order valence-electron chi connectivity index (χ3n) is 6.38. The summed E-state index contributed by atoms with van der Waals surface area (Å²) < 4.78 is 0.